The molecule has 0 aliphatic rings. The van der Waals surface area contributed by atoms with Gasteiger partial charge in [-0.3, -0.25) is 23.4 Å². The van der Waals surface area contributed by atoms with Crippen LogP contribution in [-0.4, -0.2) is 59.9 Å². The predicted molar refractivity (Wildman–Crippen MR) is 226 cm³/mol. The zero-order chi connectivity index (χ0) is 41.4. The van der Waals surface area contributed by atoms with E-state index in [1.807, 2.05) is 0 Å². The van der Waals surface area contributed by atoms with Gasteiger partial charge < -0.3 is 25.2 Å². The van der Waals surface area contributed by atoms with E-state index < -0.39 is 51.1 Å². The summed E-state index contributed by atoms with van der Waals surface area (Å²) in [5.41, 5.74) is 5.33. The molecule has 0 aliphatic heterocycles. The summed E-state index contributed by atoms with van der Waals surface area (Å²) in [6, 6.07) is -1.52. The monoisotopic (exact) mass is 818 g/mol. The smallest absolute Gasteiger partial charge is 0.472 e. The summed E-state index contributed by atoms with van der Waals surface area (Å²) in [4.78, 5) is 45.9. The maximum absolute atomic E-state index is 12.6. The number of phosphoric ester groups is 1. The fourth-order valence-corrected chi connectivity index (χ4v) is 7.19. The highest BCUT2D eigenvalue weighted by Gasteiger charge is 2.28. The molecule has 0 bridgehead atoms. The van der Waals surface area contributed by atoms with Crippen molar-refractivity contribution in [2.75, 3.05) is 19.8 Å². The number of hydrogen-bond acceptors (Lipinski definition) is 9. The summed E-state index contributed by atoms with van der Waals surface area (Å²) in [6.07, 6.45) is 40.0. The Kier molecular flexibility index (Phi) is 38.7. The van der Waals surface area contributed by atoms with Crippen LogP contribution in [-0.2, 0) is 37.5 Å². The van der Waals surface area contributed by atoms with Crippen LogP contribution in [0.4, 0.5) is 0 Å². The molecule has 56 heavy (non-hydrogen) atoms. The van der Waals surface area contributed by atoms with Gasteiger partial charge in [0.25, 0.3) is 0 Å². The Hall–Kier alpha value is -1.78. The number of ether oxygens (including phenoxy) is 2. The first-order valence-corrected chi connectivity index (χ1v) is 24.2. The van der Waals surface area contributed by atoms with Crippen LogP contribution in [0.1, 0.15) is 219 Å². The predicted octanol–water partition coefficient (Wildman–Crippen LogP) is 12.1. The van der Waals surface area contributed by atoms with Crippen LogP contribution in [0.25, 0.3) is 0 Å². The van der Waals surface area contributed by atoms with Crippen molar-refractivity contribution in [2.45, 2.75) is 231 Å². The van der Waals surface area contributed by atoms with Crippen LogP contribution in [0.3, 0.4) is 0 Å². The van der Waals surface area contributed by atoms with E-state index in [0.29, 0.717) is 12.8 Å². The van der Waals surface area contributed by atoms with Gasteiger partial charge in [0.15, 0.2) is 6.10 Å². The van der Waals surface area contributed by atoms with Crippen LogP contribution in [0.2, 0.25) is 0 Å². The molecule has 0 rings (SSSR count). The average molecular weight is 818 g/mol. The molecule has 0 saturated carbocycles. The maximum Gasteiger partial charge on any atom is 0.472 e. The van der Waals surface area contributed by atoms with Crippen molar-refractivity contribution >= 4 is 25.7 Å². The third kappa shape index (κ3) is 39.1. The lowest BCUT2D eigenvalue weighted by Crippen LogP contribution is -2.34. The normalized spacial score (nSPS) is 13.8. The molecule has 0 aromatic carbocycles. The van der Waals surface area contributed by atoms with Crippen molar-refractivity contribution in [2.24, 2.45) is 5.73 Å². The van der Waals surface area contributed by atoms with Crippen LogP contribution < -0.4 is 5.73 Å². The van der Waals surface area contributed by atoms with Crippen LogP contribution >= 0.6 is 7.82 Å². The molecule has 12 heteroatoms. The molecule has 330 valence electrons. The number of carbonyl (C=O) groups is 3. The minimum Gasteiger partial charge on any atom is -0.480 e. The highest BCUT2D eigenvalue weighted by atomic mass is 31.2. The van der Waals surface area contributed by atoms with Crippen molar-refractivity contribution in [3.05, 3.63) is 12.2 Å². The van der Waals surface area contributed by atoms with Crippen molar-refractivity contribution < 1.29 is 47.5 Å². The summed E-state index contributed by atoms with van der Waals surface area (Å²) in [7, 11) is -4.71. The number of unbranched alkanes of at least 4 members (excludes halogenated alkanes) is 27. The van der Waals surface area contributed by atoms with Gasteiger partial charge >= 0.3 is 25.7 Å². The van der Waals surface area contributed by atoms with E-state index in [1.54, 1.807) is 0 Å². The Morgan fingerprint density at radius 3 is 1.30 bits per heavy atom. The molecule has 0 aromatic heterocycles. The summed E-state index contributed by atoms with van der Waals surface area (Å²) in [5.74, 6) is -2.37. The van der Waals surface area contributed by atoms with E-state index in [2.05, 4.69) is 30.5 Å². The van der Waals surface area contributed by atoms with E-state index in [1.165, 1.54) is 141 Å². The second kappa shape index (κ2) is 40.0. The summed E-state index contributed by atoms with van der Waals surface area (Å²) < 4.78 is 32.7. The number of carbonyl (C=O) groups excluding carboxylic acids is 2. The van der Waals surface area contributed by atoms with Crippen molar-refractivity contribution in [1.29, 1.82) is 0 Å². The zero-order valence-corrected chi connectivity index (χ0v) is 36.6. The van der Waals surface area contributed by atoms with Gasteiger partial charge in [-0.25, -0.2) is 4.57 Å². The minimum atomic E-state index is -4.71. The van der Waals surface area contributed by atoms with E-state index in [9.17, 15) is 23.8 Å². The number of aliphatic carboxylic acids is 1. The number of rotatable bonds is 43. The molecule has 0 spiro atoms. The quantitative estimate of drug-likeness (QED) is 0.0231. The van der Waals surface area contributed by atoms with Gasteiger partial charge in [-0.05, 0) is 38.5 Å². The van der Waals surface area contributed by atoms with Gasteiger partial charge in [0.2, 0.25) is 0 Å². The standard InChI is InChI=1S/C44H84NO10P/c1-3-5-7-9-11-13-15-16-17-18-19-20-21-22-23-24-26-27-29-31-33-35-42(46)52-37-40(38-53-56(50,51)54-39-41(45)44(48)49)55-43(47)36-34-32-30-28-25-14-12-10-8-6-4-2/h16-17,40-41H,3-15,18-39,45H2,1-2H3,(H,48,49)(H,50,51)/b17-16+/t40-,41-/m0/s1. The Bertz CT molecular complexity index is 1010. The molecule has 0 fully saturated rings. The number of nitrogens with two attached hydrogens (primary N) is 1. The molecular formula is C44H84NO10P. The zero-order valence-electron chi connectivity index (χ0n) is 35.7. The molecule has 11 nitrogen and oxygen atoms in total. The first kappa shape index (κ1) is 54.2. The fraction of sp³-hybridized carbons (Fsp3) is 0.886. The second-order valence-electron chi connectivity index (χ2n) is 15.5. The second-order valence-corrected chi connectivity index (χ2v) is 17.0. The highest BCUT2D eigenvalue weighted by molar-refractivity contribution is 7.47. The van der Waals surface area contributed by atoms with Gasteiger partial charge in [0.1, 0.15) is 12.6 Å². The molecule has 0 heterocycles. The Labute approximate surface area is 341 Å². The molecule has 0 aromatic rings. The SMILES string of the molecule is CCCCCCCC/C=C/CCCCCCCCCCCCCC(=O)OC[C@@H](COP(=O)(O)OC[C@H](N)C(=O)O)OC(=O)CCCCCCCCCCCCC. The topological polar surface area (TPSA) is 172 Å². The van der Waals surface area contributed by atoms with Crippen LogP contribution in [0.15, 0.2) is 12.2 Å². The molecule has 0 amide bonds. The highest BCUT2D eigenvalue weighted by Crippen LogP contribution is 2.43. The van der Waals surface area contributed by atoms with Gasteiger partial charge in [-0.15, -0.1) is 0 Å². The number of hydrogen-bond donors (Lipinski definition) is 3. The Morgan fingerprint density at radius 2 is 0.893 bits per heavy atom. The number of allylic oxidation sites excluding steroid dienone is 2. The largest absolute Gasteiger partial charge is 0.480 e. The molecule has 3 atom stereocenters. The van der Waals surface area contributed by atoms with E-state index in [-0.39, 0.29) is 19.4 Å². The third-order valence-electron chi connectivity index (χ3n) is 10.0. The van der Waals surface area contributed by atoms with Gasteiger partial charge in [0.05, 0.1) is 13.2 Å². The summed E-state index contributed by atoms with van der Waals surface area (Å²) in [6.45, 7) is 2.81. The average Bonchev–Trinajstić information content (AvgIpc) is 3.17. The van der Waals surface area contributed by atoms with Gasteiger partial charge in [-0.2, -0.15) is 0 Å². The Balaban J connectivity index is 4.21. The van der Waals surface area contributed by atoms with Crippen LogP contribution in [0, 0.1) is 0 Å². The van der Waals surface area contributed by atoms with E-state index in [4.69, 9.17) is 24.8 Å². The van der Waals surface area contributed by atoms with Gasteiger partial charge in [0, 0.05) is 12.8 Å². The summed E-state index contributed by atoms with van der Waals surface area (Å²) >= 11 is 0. The molecule has 0 aliphatic carbocycles. The fourth-order valence-electron chi connectivity index (χ4n) is 6.41. The maximum atomic E-state index is 12.6. The lowest BCUT2D eigenvalue weighted by atomic mass is 10.0. The first-order valence-electron chi connectivity index (χ1n) is 22.7. The third-order valence-corrected chi connectivity index (χ3v) is 11.0. The van der Waals surface area contributed by atoms with Crippen LogP contribution in [0.5, 0.6) is 0 Å². The van der Waals surface area contributed by atoms with Crippen molar-refractivity contribution in [1.82, 2.24) is 0 Å². The van der Waals surface area contributed by atoms with Gasteiger partial charge in [-0.1, -0.05) is 180 Å². The van der Waals surface area contributed by atoms with Crippen molar-refractivity contribution in [3.8, 4) is 0 Å². The lowest BCUT2D eigenvalue weighted by Gasteiger charge is -2.20. The number of esters is 2. The molecule has 4 N–H and O–H groups in total. The number of carboxylic acid groups (broad SMARTS) is 1. The minimum absolute atomic E-state index is 0.166. The Morgan fingerprint density at radius 1 is 0.536 bits per heavy atom. The number of carboxylic acids is 1. The van der Waals surface area contributed by atoms with Crippen molar-refractivity contribution in [3.63, 3.8) is 0 Å². The molecule has 0 radical (unpaired) electrons. The molecule has 1 unspecified atom stereocenters. The number of phosphoric acid groups is 1. The lowest BCUT2D eigenvalue weighted by molar-refractivity contribution is -0.161. The van der Waals surface area contributed by atoms with E-state index in [0.717, 1.165) is 38.5 Å². The first-order chi connectivity index (χ1) is 27.1. The van der Waals surface area contributed by atoms with E-state index >= 15 is 0 Å². The molecule has 0 saturated heterocycles. The summed E-state index contributed by atoms with van der Waals surface area (Å²) in [5, 5.41) is 8.88. The molecular weight excluding hydrogens is 733 g/mol.